The van der Waals surface area contributed by atoms with Crippen molar-refractivity contribution >= 4 is 15.9 Å². The van der Waals surface area contributed by atoms with Gasteiger partial charge in [-0.2, -0.15) is 0 Å². The number of nitrogens with zero attached hydrogens (tertiary/aromatic N) is 2. The standard InChI is InChI=1S/C9H8BrN3/c10-7-2-1-3-11-8(7)6-9-12-4-5-13-9/h1-5H,6H2,(H,12,13). The molecule has 0 bridgehead atoms. The van der Waals surface area contributed by atoms with Crippen molar-refractivity contribution in [1.82, 2.24) is 15.0 Å². The molecule has 0 atom stereocenters. The Hall–Kier alpha value is -1.16. The van der Waals surface area contributed by atoms with Gasteiger partial charge in [-0.3, -0.25) is 4.98 Å². The maximum atomic E-state index is 4.25. The molecule has 0 saturated carbocycles. The fraction of sp³-hybridized carbons (Fsp3) is 0.111. The lowest BCUT2D eigenvalue weighted by molar-refractivity contribution is 0.969. The molecule has 1 N–H and O–H groups in total. The molecule has 0 aliphatic carbocycles. The van der Waals surface area contributed by atoms with E-state index in [-0.39, 0.29) is 0 Å². The second-order valence-electron chi connectivity index (χ2n) is 2.64. The molecule has 0 spiro atoms. The number of pyridine rings is 1. The number of aromatic nitrogens is 3. The molecule has 13 heavy (non-hydrogen) atoms. The summed E-state index contributed by atoms with van der Waals surface area (Å²) in [6, 6.07) is 3.88. The lowest BCUT2D eigenvalue weighted by Gasteiger charge is -1.99. The van der Waals surface area contributed by atoms with Crippen molar-refractivity contribution < 1.29 is 0 Å². The summed E-state index contributed by atoms with van der Waals surface area (Å²) in [5.74, 6) is 0.930. The first-order valence-electron chi connectivity index (χ1n) is 3.94. The van der Waals surface area contributed by atoms with E-state index in [1.807, 2.05) is 18.3 Å². The van der Waals surface area contributed by atoms with Crippen LogP contribution in [0.15, 0.2) is 35.2 Å². The Kier molecular flexibility index (Phi) is 2.40. The zero-order chi connectivity index (χ0) is 9.10. The van der Waals surface area contributed by atoms with E-state index in [0.29, 0.717) is 0 Å². The molecular weight excluding hydrogens is 230 g/mol. The van der Waals surface area contributed by atoms with Gasteiger partial charge < -0.3 is 4.98 Å². The third-order valence-corrected chi connectivity index (χ3v) is 2.45. The van der Waals surface area contributed by atoms with Crippen molar-refractivity contribution in [3.05, 3.63) is 46.7 Å². The van der Waals surface area contributed by atoms with Gasteiger partial charge in [0.25, 0.3) is 0 Å². The van der Waals surface area contributed by atoms with E-state index >= 15 is 0 Å². The molecule has 3 nitrogen and oxygen atoms in total. The minimum absolute atomic E-state index is 0.731. The molecule has 0 saturated heterocycles. The van der Waals surface area contributed by atoms with Gasteiger partial charge >= 0.3 is 0 Å². The Bertz CT molecular complexity index is 384. The largest absolute Gasteiger partial charge is 0.348 e. The lowest BCUT2D eigenvalue weighted by atomic mass is 10.2. The van der Waals surface area contributed by atoms with Crippen LogP contribution in [0.3, 0.4) is 0 Å². The van der Waals surface area contributed by atoms with E-state index in [0.717, 1.165) is 22.4 Å². The van der Waals surface area contributed by atoms with Gasteiger partial charge in [-0.15, -0.1) is 0 Å². The van der Waals surface area contributed by atoms with Crippen LogP contribution in [0.5, 0.6) is 0 Å². The minimum atomic E-state index is 0.731. The number of H-pyrrole nitrogens is 1. The van der Waals surface area contributed by atoms with Crippen molar-refractivity contribution in [3.63, 3.8) is 0 Å². The van der Waals surface area contributed by atoms with E-state index in [1.165, 1.54) is 0 Å². The second-order valence-corrected chi connectivity index (χ2v) is 3.50. The van der Waals surface area contributed by atoms with E-state index in [9.17, 15) is 0 Å². The Morgan fingerprint density at radius 3 is 2.92 bits per heavy atom. The van der Waals surface area contributed by atoms with Crippen LogP contribution in [0.2, 0.25) is 0 Å². The van der Waals surface area contributed by atoms with Gasteiger partial charge in [0.05, 0.1) is 5.69 Å². The Morgan fingerprint density at radius 1 is 1.31 bits per heavy atom. The first-order valence-corrected chi connectivity index (χ1v) is 4.73. The van der Waals surface area contributed by atoms with Crippen LogP contribution in [-0.4, -0.2) is 15.0 Å². The first-order chi connectivity index (χ1) is 6.36. The predicted octanol–water partition coefficient (Wildman–Crippen LogP) is 2.16. The molecule has 0 aliphatic heterocycles. The summed E-state index contributed by atoms with van der Waals surface area (Å²) in [4.78, 5) is 11.4. The summed E-state index contributed by atoms with van der Waals surface area (Å²) in [5.41, 5.74) is 0.998. The Balaban J connectivity index is 2.24. The lowest BCUT2D eigenvalue weighted by Crippen LogP contribution is -1.94. The van der Waals surface area contributed by atoms with E-state index in [1.54, 1.807) is 12.4 Å². The minimum Gasteiger partial charge on any atom is -0.348 e. The van der Waals surface area contributed by atoms with Gasteiger partial charge in [0.1, 0.15) is 5.82 Å². The topological polar surface area (TPSA) is 41.6 Å². The summed E-state index contributed by atoms with van der Waals surface area (Å²) >= 11 is 3.44. The molecule has 0 amide bonds. The molecule has 2 aromatic rings. The average molecular weight is 238 g/mol. The number of imidazole rings is 1. The number of hydrogen-bond acceptors (Lipinski definition) is 2. The molecule has 4 heteroatoms. The summed E-state index contributed by atoms with van der Waals surface area (Å²) in [5, 5.41) is 0. The molecule has 2 rings (SSSR count). The highest BCUT2D eigenvalue weighted by Crippen LogP contribution is 2.15. The molecule has 0 radical (unpaired) electrons. The highest BCUT2D eigenvalue weighted by molar-refractivity contribution is 9.10. The second kappa shape index (κ2) is 3.70. The normalized spacial score (nSPS) is 10.2. The number of halogens is 1. The highest BCUT2D eigenvalue weighted by atomic mass is 79.9. The smallest absolute Gasteiger partial charge is 0.112 e. The van der Waals surface area contributed by atoms with Crippen molar-refractivity contribution in [2.75, 3.05) is 0 Å². The van der Waals surface area contributed by atoms with Gasteiger partial charge in [-0.05, 0) is 28.1 Å². The van der Waals surface area contributed by atoms with Crippen LogP contribution in [0.25, 0.3) is 0 Å². The summed E-state index contributed by atoms with van der Waals surface area (Å²) in [6.45, 7) is 0. The first kappa shape index (κ1) is 8.44. The van der Waals surface area contributed by atoms with Gasteiger partial charge in [-0.1, -0.05) is 0 Å². The molecular formula is C9H8BrN3. The predicted molar refractivity (Wildman–Crippen MR) is 53.3 cm³/mol. The van der Waals surface area contributed by atoms with Crippen molar-refractivity contribution in [3.8, 4) is 0 Å². The SMILES string of the molecule is Brc1cccnc1Cc1ncc[nH]1. The molecule has 0 fully saturated rings. The zero-order valence-electron chi connectivity index (χ0n) is 6.87. The van der Waals surface area contributed by atoms with Gasteiger partial charge in [0.15, 0.2) is 0 Å². The molecule has 66 valence electrons. The fourth-order valence-corrected chi connectivity index (χ4v) is 1.50. The fourth-order valence-electron chi connectivity index (χ4n) is 1.10. The van der Waals surface area contributed by atoms with Crippen LogP contribution in [0.4, 0.5) is 0 Å². The van der Waals surface area contributed by atoms with Gasteiger partial charge in [0.2, 0.25) is 0 Å². The summed E-state index contributed by atoms with van der Waals surface area (Å²) < 4.78 is 1.02. The zero-order valence-corrected chi connectivity index (χ0v) is 8.45. The van der Waals surface area contributed by atoms with Crippen molar-refractivity contribution in [1.29, 1.82) is 0 Å². The maximum Gasteiger partial charge on any atom is 0.112 e. The van der Waals surface area contributed by atoms with Gasteiger partial charge in [-0.25, -0.2) is 4.98 Å². The van der Waals surface area contributed by atoms with Crippen LogP contribution < -0.4 is 0 Å². The number of nitrogens with one attached hydrogen (secondary N) is 1. The quantitative estimate of drug-likeness (QED) is 0.870. The van der Waals surface area contributed by atoms with Crippen LogP contribution in [0, 0.1) is 0 Å². The summed E-state index contributed by atoms with van der Waals surface area (Å²) in [7, 11) is 0. The third-order valence-electron chi connectivity index (χ3n) is 1.72. The molecule has 2 heterocycles. The molecule has 0 aliphatic rings. The monoisotopic (exact) mass is 237 g/mol. The Morgan fingerprint density at radius 2 is 2.23 bits per heavy atom. The van der Waals surface area contributed by atoms with Crippen LogP contribution >= 0.6 is 15.9 Å². The molecule has 2 aromatic heterocycles. The third kappa shape index (κ3) is 1.95. The average Bonchev–Trinajstić information content (AvgIpc) is 2.61. The Labute approximate surface area is 84.4 Å². The van der Waals surface area contributed by atoms with Gasteiger partial charge in [0, 0.05) is 29.5 Å². The number of hydrogen-bond donors (Lipinski definition) is 1. The maximum absolute atomic E-state index is 4.25. The highest BCUT2D eigenvalue weighted by Gasteiger charge is 2.02. The van der Waals surface area contributed by atoms with Crippen molar-refractivity contribution in [2.24, 2.45) is 0 Å². The van der Waals surface area contributed by atoms with E-state index < -0.39 is 0 Å². The number of aromatic amines is 1. The molecule has 0 unspecified atom stereocenters. The van der Waals surface area contributed by atoms with E-state index in [4.69, 9.17) is 0 Å². The van der Waals surface area contributed by atoms with E-state index in [2.05, 4.69) is 30.9 Å². The van der Waals surface area contributed by atoms with Crippen LogP contribution in [0.1, 0.15) is 11.5 Å². The van der Waals surface area contributed by atoms with Crippen LogP contribution in [-0.2, 0) is 6.42 Å². The number of rotatable bonds is 2. The summed E-state index contributed by atoms with van der Waals surface area (Å²) in [6.07, 6.45) is 6.07. The van der Waals surface area contributed by atoms with Crippen molar-refractivity contribution in [2.45, 2.75) is 6.42 Å². The molecule has 0 aromatic carbocycles.